The van der Waals surface area contributed by atoms with Crippen molar-refractivity contribution in [3.8, 4) is 0 Å². The van der Waals surface area contributed by atoms with Gasteiger partial charge < -0.3 is 15.8 Å². The molecule has 10 heteroatoms. The van der Waals surface area contributed by atoms with Gasteiger partial charge >= 0.3 is 6.18 Å². The van der Waals surface area contributed by atoms with Crippen LogP contribution < -0.4 is 11.1 Å². The van der Waals surface area contributed by atoms with E-state index < -0.39 is 36.5 Å². The lowest BCUT2D eigenvalue weighted by atomic mass is 10.1. The molecule has 1 amide bonds. The molecular weight excluding hydrogens is 311 g/mol. The van der Waals surface area contributed by atoms with Gasteiger partial charge in [0.05, 0.1) is 22.5 Å². The summed E-state index contributed by atoms with van der Waals surface area (Å²) in [5.41, 5.74) is 5.41. The molecule has 0 bridgehead atoms. The summed E-state index contributed by atoms with van der Waals surface area (Å²) >= 11 is 0.714. The van der Waals surface area contributed by atoms with Crippen LogP contribution in [0.15, 0.2) is 5.51 Å². The fourth-order valence-electron chi connectivity index (χ4n) is 1.50. The minimum Gasteiger partial charge on any atom is -0.465 e. The van der Waals surface area contributed by atoms with E-state index in [-0.39, 0.29) is 11.3 Å². The van der Waals surface area contributed by atoms with Crippen LogP contribution in [0.3, 0.4) is 0 Å². The topological polar surface area (TPSA) is 94.3 Å². The molecule has 1 aromatic rings. The molecule has 0 saturated carbocycles. The first-order chi connectivity index (χ1) is 9.81. The smallest absolute Gasteiger partial charge is 0.434 e. The second kappa shape index (κ2) is 7.36. The number of nitrogens with one attached hydrogen (secondary N) is 1. The van der Waals surface area contributed by atoms with Gasteiger partial charge in [0.2, 0.25) is 5.91 Å². The molecule has 21 heavy (non-hydrogen) atoms. The Bertz CT molecular complexity index is 493. The first-order valence-electron chi connectivity index (χ1n) is 5.93. The number of amides is 1. The fourth-order valence-corrected chi connectivity index (χ4v) is 2.34. The number of nitrogens with two attached hydrogens (primary N) is 1. The maximum atomic E-state index is 12.8. The number of aromatic nitrogens is 1. The van der Waals surface area contributed by atoms with E-state index in [2.05, 4.69) is 15.0 Å². The Morgan fingerprint density at radius 2 is 2.29 bits per heavy atom. The fraction of sp³-hybridized carbons (Fsp3) is 0.545. The van der Waals surface area contributed by atoms with Gasteiger partial charge in [0.1, 0.15) is 6.61 Å². The molecule has 3 N–H and O–H groups in total. The average molecular weight is 325 g/mol. The molecule has 0 aliphatic rings. The summed E-state index contributed by atoms with van der Waals surface area (Å²) in [4.78, 5) is 25.0. The molecule has 0 aromatic carbocycles. The molecule has 0 saturated heterocycles. The molecule has 118 valence electrons. The minimum absolute atomic E-state index is 0.0905. The highest BCUT2D eigenvalue weighted by Crippen LogP contribution is 2.35. The zero-order valence-electron chi connectivity index (χ0n) is 11.0. The van der Waals surface area contributed by atoms with Crippen LogP contribution >= 0.6 is 11.3 Å². The van der Waals surface area contributed by atoms with E-state index in [4.69, 9.17) is 5.73 Å². The highest BCUT2D eigenvalue weighted by molar-refractivity contribution is 7.09. The van der Waals surface area contributed by atoms with Crippen LogP contribution in [0, 0.1) is 0 Å². The van der Waals surface area contributed by atoms with E-state index >= 15 is 0 Å². The van der Waals surface area contributed by atoms with Crippen LogP contribution in [-0.2, 0) is 20.5 Å². The molecule has 6 nitrogen and oxygen atoms in total. The number of carbonyl (C=O) groups excluding carboxylic acids is 2. The SMILES string of the molecule is CCC(N)C(=O)NC(COC=O)c1scnc1C(F)(F)F. The standard InChI is InChI=1S/C11H14F3N3O3S/c1-2-6(15)10(19)17-7(3-20-5-18)8-9(11(12,13)14)16-4-21-8/h4-7H,2-3,15H2,1H3,(H,17,19). The molecule has 0 aliphatic carbocycles. The summed E-state index contributed by atoms with van der Waals surface area (Å²) in [5, 5.41) is 2.34. The number of nitrogens with zero attached hydrogens (tertiary/aromatic N) is 1. The number of carbonyl (C=O) groups is 2. The van der Waals surface area contributed by atoms with Gasteiger partial charge in [-0.3, -0.25) is 9.59 Å². The predicted octanol–water partition coefficient (Wildman–Crippen LogP) is 1.23. The normalized spacial score (nSPS) is 14.3. The van der Waals surface area contributed by atoms with Crippen LogP contribution in [0.5, 0.6) is 0 Å². The third kappa shape index (κ3) is 4.67. The number of ether oxygens (including phenoxy) is 1. The van der Waals surface area contributed by atoms with Gasteiger partial charge in [-0.25, -0.2) is 4.98 Å². The molecule has 2 atom stereocenters. The van der Waals surface area contributed by atoms with E-state index in [1.165, 1.54) is 0 Å². The Balaban J connectivity index is 3.00. The second-order valence-corrected chi connectivity index (χ2v) is 4.95. The van der Waals surface area contributed by atoms with Crippen molar-refractivity contribution in [2.45, 2.75) is 31.6 Å². The number of thiazole rings is 1. The number of hydrogen-bond acceptors (Lipinski definition) is 6. The van der Waals surface area contributed by atoms with E-state index in [9.17, 15) is 22.8 Å². The predicted molar refractivity (Wildman–Crippen MR) is 68.3 cm³/mol. The lowest BCUT2D eigenvalue weighted by Gasteiger charge is -2.20. The largest absolute Gasteiger partial charge is 0.465 e. The van der Waals surface area contributed by atoms with Crippen molar-refractivity contribution in [2.24, 2.45) is 5.73 Å². The first kappa shape index (κ1) is 17.4. The van der Waals surface area contributed by atoms with E-state index in [1.54, 1.807) is 6.92 Å². The third-order valence-corrected chi connectivity index (χ3v) is 3.55. The number of alkyl halides is 3. The van der Waals surface area contributed by atoms with Crippen molar-refractivity contribution in [1.29, 1.82) is 0 Å². The minimum atomic E-state index is -4.66. The Morgan fingerprint density at radius 1 is 1.62 bits per heavy atom. The van der Waals surface area contributed by atoms with Crippen LogP contribution in [-0.4, -0.2) is 30.0 Å². The van der Waals surface area contributed by atoms with E-state index in [1.807, 2.05) is 0 Å². The number of halogens is 3. The van der Waals surface area contributed by atoms with Crippen molar-refractivity contribution in [3.63, 3.8) is 0 Å². The van der Waals surface area contributed by atoms with E-state index in [0.717, 1.165) is 5.51 Å². The average Bonchev–Trinajstić information content (AvgIpc) is 2.91. The van der Waals surface area contributed by atoms with Crippen molar-refractivity contribution >= 4 is 23.7 Å². The summed E-state index contributed by atoms with van der Waals surface area (Å²) in [6.07, 6.45) is -4.34. The molecule has 2 unspecified atom stereocenters. The Hall–Kier alpha value is -1.68. The molecule has 0 spiro atoms. The van der Waals surface area contributed by atoms with Crippen LogP contribution in [0.4, 0.5) is 13.2 Å². The second-order valence-electron chi connectivity index (χ2n) is 4.07. The van der Waals surface area contributed by atoms with Crippen LogP contribution in [0.1, 0.15) is 30.0 Å². The molecule has 1 heterocycles. The summed E-state index contributed by atoms with van der Waals surface area (Å²) in [7, 11) is 0. The summed E-state index contributed by atoms with van der Waals surface area (Å²) < 4.78 is 42.9. The van der Waals surface area contributed by atoms with Crippen LogP contribution in [0.2, 0.25) is 0 Å². The maximum absolute atomic E-state index is 12.8. The Morgan fingerprint density at radius 3 is 2.81 bits per heavy atom. The Labute approximate surface area is 122 Å². The van der Waals surface area contributed by atoms with Gasteiger partial charge in [0.15, 0.2) is 5.69 Å². The van der Waals surface area contributed by atoms with Crippen molar-refractivity contribution in [1.82, 2.24) is 10.3 Å². The highest BCUT2D eigenvalue weighted by atomic mass is 32.1. The number of hydrogen-bond donors (Lipinski definition) is 2. The molecule has 0 aliphatic heterocycles. The van der Waals surface area contributed by atoms with Crippen molar-refractivity contribution in [3.05, 3.63) is 16.1 Å². The van der Waals surface area contributed by atoms with Gasteiger partial charge in [-0.1, -0.05) is 6.92 Å². The molecule has 0 radical (unpaired) electrons. The van der Waals surface area contributed by atoms with Crippen molar-refractivity contribution < 1.29 is 27.5 Å². The number of rotatable bonds is 7. The maximum Gasteiger partial charge on any atom is 0.434 e. The van der Waals surface area contributed by atoms with Crippen LogP contribution in [0.25, 0.3) is 0 Å². The van der Waals surface area contributed by atoms with Gasteiger partial charge in [-0.2, -0.15) is 13.2 Å². The lowest BCUT2D eigenvalue weighted by molar-refractivity contribution is -0.142. The van der Waals surface area contributed by atoms with Gasteiger partial charge in [-0.05, 0) is 6.42 Å². The molecule has 1 rings (SSSR count). The van der Waals surface area contributed by atoms with Gasteiger partial charge in [0.25, 0.3) is 6.47 Å². The quantitative estimate of drug-likeness (QED) is 0.735. The van der Waals surface area contributed by atoms with Crippen molar-refractivity contribution in [2.75, 3.05) is 6.61 Å². The molecule has 1 aromatic heterocycles. The zero-order valence-corrected chi connectivity index (χ0v) is 11.8. The highest BCUT2D eigenvalue weighted by Gasteiger charge is 2.39. The summed E-state index contributed by atoms with van der Waals surface area (Å²) in [6.45, 7) is 1.32. The molecule has 0 fully saturated rings. The zero-order chi connectivity index (χ0) is 16.0. The summed E-state index contributed by atoms with van der Waals surface area (Å²) in [5.74, 6) is -0.626. The first-order valence-corrected chi connectivity index (χ1v) is 6.81. The third-order valence-electron chi connectivity index (χ3n) is 2.60. The van der Waals surface area contributed by atoms with Gasteiger partial charge in [0, 0.05) is 0 Å². The summed E-state index contributed by atoms with van der Waals surface area (Å²) in [6, 6.07) is -2.00. The Kier molecular flexibility index (Phi) is 6.09. The van der Waals surface area contributed by atoms with E-state index in [0.29, 0.717) is 17.8 Å². The lowest BCUT2D eigenvalue weighted by Crippen LogP contribution is -2.43. The monoisotopic (exact) mass is 325 g/mol. The van der Waals surface area contributed by atoms with Gasteiger partial charge in [-0.15, -0.1) is 11.3 Å². The molecular formula is C11H14F3N3O3S.